The molecule has 1 aromatic heterocycles. The van der Waals surface area contributed by atoms with Crippen LogP contribution in [0.15, 0.2) is 11.1 Å². The third-order valence-electron chi connectivity index (χ3n) is 1.22. The molecule has 3 heteroatoms. The number of imidazole rings is 1. The van der Waals surface area contributed by atoms with Gasteiger partial charge in [0.15, 0.2) is 0 Å². The fourth-order valence-corrected chi connectivity index (χ4v) is 1.04. The molecule has 0 atom stereocenters. The number of halogens is 1. The van der Waals surface area contributed by atoms with Gasteiger partial charge in [0.25, 0.3) is 0 Å². The Kier molecular flexibility index (Phi) is 2.29. The molecule has 1 rings (SSSR count). The fourth-order valence-electron chi connectivity index (χ4n) is 0.826. The zero-order valence-electron chi connectivity index (χ0n) is 6.32. The van der Waals surface area contributed by atoms with Crippen molar-refractivity contribution < 1.29 is 0 Å². The van der Waals surface area contributed by atoms with Gasteiger partial charge in [-0.1, -0.05) is 29.1 Å². The molecule has 0 saturated carbocycles. The summed E-state index contributed by atoms with van der Waals surface area (Å²) in [7, 11) is 0. The largest absolute Gasteiger partial charge is 0.343 e. The lowest BCUT2D eigenvalue weighted by atomic mass is 10.5. The van der Waals surface area contributed by atoms with Crippen LogP contribution in [-0.4, -0.2) is 9.97 Å². The zero-order chi connectivity index (χ0) is 8.43. The molecule has 0 amide bonds. The first-order valence-corrected chi connectivity index (χ1v) is 3.96. The van der Waals surface area contributed by atoms with Crippen LogP contribution in [0.4, 0.5) is 0 Å². The second kappa shape index (κ2) is 3.05. The maximum Gasteiger partial charge on any atom is 0.104 e. The summed E-state index contributed by atoms with van der Waals surface area (Å²) in [4.78, 5) is 7.18. The van der Waals surface area contributed by atoms with E-state index in [-0.39, 0.29) is 0 Å². The molecule has 58 valence electrons. The Hall–Kier alpha value is -0.830. The number of hydrogen-bond acceptors (Lipinski definition) is 1. The van der Waals surface area contributed by atoms with Gasteiger partial charge >= 0.3 is 0 Å². The molecular formula is C8H9BrN2. The van der Waals surface area contributed by atoms with Crippen molar-refractivity contribution in [1.82, 2.24) is 9.97 Å². The van der Waals surface area contributed by atoms with E-state index in [0.29, 0.717) is 0 Å². The van der Waals surface area contributed by atoms with Crippen molar-refractivity contribution in [3.05, 3.63) is 27.6 Å². The highest BCUT2D eigenvalue weighted by molar-refractivity contribution is 9.12. The molecule has 0 bridgehead atoms. The lowest BCUT2D eigenvalue weighted by Crippen LogP contribution is -2.22. The Balaban J connectivity index is 3.35. The van der Waals surface area contributed by atoms with E-state index >= 15 is 0 Å². The first-order chi connectivity index (χ1) is 5.09. The fraction of sp³-hybridized carbons (Fsp3) is 0.125. The van der Waals surface area contributed by atoms with Crippen LogP contribution < -0.4 is 10.7 Å². The average Bonchev–Trinajstić information content (AvgIpc) is 2.09. The van der Waals surface area contributed by atoms with E-state index in [1.54, 1.807) is 0 Å². The molecule has 0 saturated heterocycles. The molecular weight excluding hydrogens is 204 g/mol. The number of aromatic amines is 1. The molecule has 1 aromatic rings. The van der Waals surface area contributed by atoms with Crippen molar-refractivity contribution >= 4 is 28.6 Å². The van der Waals surface area contributed by atoms with E-state index in [9.17, 15) is 0 Å². The predicted octanol–water partition coefficient (Wildman–Crippen LogP) is 0.818. The van der Waals surface area contributed by atoms with Crippen molar-refractivity contribution in [3.8, 4) is 0 Å². The number of aromatic nitrogens is 2. The van der Waals surface area contributed by atoms with Crippen LogP contribution in [0.2, 0.25) is 0 Å². The predicted molar refractivity (Wildman–Crippen MR) is 50.6 cm³/mol. The van der Waals surface area contributed by atoms with E-state index < -0.39 is 0 Å². The molecule has 0 aliphatic heterocycles. The van der Waals surface area contributed by atoms with E-state index in [1.807, 2.05) is 13.0 Å². The molecule has 0 aromatic carbocycles. The van der Waals surface area contributed by atoms with Gasteiger partial charge < -0.3 is 4.98 Å². The molecule has 0 unspecified atom stereocenters. The van der Waals surface area contributed by atoms with Gasteiger partial charge in [0.05, 0.1) is 10.7 Å². The third kappa shape index (κ3) is 2.05. The first kappa shape index (κ1) is 8.27. The summed E-state index contributed by atoms with van der Waals surface area (Å²) in [6, 6.07) is 0. The van der Waals surface area contributed by atoms with Crippen LogP contribution in [0.1, 0.15) is 5.82 Å². The monoisotopic (exact) mass is 212 g/mol. The molecule has 0 fully saturated rings. The van der Waals surface area contributed by atoms with Crippen molar-refractivity contribution in [1.29, 1.82) is 0 Å². The van der Waals surface area contributed by atoms with Crippen LogP contribution in [0.3, 0.4) is 0 Å². The standard InChI is InChI=1S/C8H9BrN2/c1-5(9)4-8-6(2)10-7(3)11-8/h4H,1-2H2,3H3,(H,10,11)/b8-4+. The Morgan fingerprint density at radius 1 is 1.73 bits per heavy atom. The van der Waals surface area contributed by atoms with Gasteiger partial charge in [-0.05, 0) is 13.0 Å². The summed E-state index contributed by atoms with van der Waals surface area (Å²) < 4.78 is 0.800. The van der Waals surface area contributed by atoms with Crippen LogP contribution in [0, 0.1) is 6.92 Å². The van der Waals surface area contributed by atoms with E-state index in [0.717, 1.165) is 21.0 Å². The van der Waals surface area contributed by atoms with Gasteiger partial charge in [-0.3, -0.25) is 0 Å². The molecule has 0 aliphatic carbocycles. The van der Waals surface area contributed by atoms with Crippen LogP contribution in [0.25, 0.3) is 12.7 Å². The van der Waals surface area contributed by atoms with Crippen molar-refractivity contribution in [2.45, 2.75) is 6.92 Å². The van der Waals surface area contributed by atoms with Crippen LogP contribution in [-0.2, 0) is 0 Å². The van der Waals surface area contributed by atoms with Crippen molar-refractivity contribution in [2.75, 3.05) is 0 Å². The Morgan fingerprint density at radius 2 is 2.36 bits per heavy atom. The lowest BCUT2D eigenvalue weighted by Gasteiger charge is -1.77. The summed E-state index contributed by atoms with van der Waals surface area (Å²) >= 11 is 3.22. The molecule has 1 heterocycles. The van der Waals surface area contributed by atoms with Gasteiger partial charge in [-0.25, -0.2) is 4.98 Å². The molecule has 1 N–H and O–H groups in total. The normalized spacial score (nSPS) is 12.0. The van der Waals surface area contributed by atoms with E-state index in [2.05, 4.69) is 39.1 Å². The number of aryl methyl sites for hydroxylation is 1. The van der Waals surface area contributed by atoms with E-state index in [1.165, 1.54) is 0 Å². The average molecular weight is 213 g/mol. The van der Waals surface area contributed by atoms with Gasteiger partial charge in [0, 0.05) is 4.48 Å². The van der Waals surface area contributed by atoms with Crippen LogP contribution >= 0.6 is 15.9 Å². The number of nitrogens with zero attached hydrogens (tertiary/aromatic N) is 1. The minimum atomic E-state index is 0.800. The summed E-state index contributed by atoms with van der Waals surface area (Å²) in [5.41, 5.74) is 0. The van der Waals surface area contributed by atoms with Gasteiger partial charge in [0.2, 0.25) is 0 Å². The first-order valence-electron chi connectivity index (χ1n) is 3.17. The highest BCUT2D eigenvalue weighted by Gasteiger charge is 1.89. The van der Waals surface area contributed by atoms with Gasteiger partial charge in [-0.15, -0.1) is 0 Å². The molecule has 0 spiro atoms. The minimum absolute atomic E-state index is 0.800. The number of rotatable bonds is 1. The number of nitrogens with one attached hydrogen (secondary N) is 1. The lowest BCUT2D eigenvalue weighted by molar-refractivity contribution is 1.13. The Morgan fingerprint density at radius 3 is 2.73 bits per heavy atom. The molecule has 11 heavy (non-hydrogen) atoms. The summed E-state index contributed by atoms with van der Waals surface area (Å²) in [5, 5.41) is 1.66. The highest BCUT2D eigenvalue weighted by atomic mass is 79.9. The van der Waals surface area contributed by atoms with Gasteiger partial charge in [-0.2, -0.15) is 0 Å². The number of H-pyrrole nitrogens is 1. The number of allylic oxidation sites excluding steroid dienone is 1. The third-order valence-corrected chi connectivity index (χ3v) is 1.45. The maximum atomic E-state index is 4.19. The quantitative estimate of drug-likeness (QED) is 0.734. The highest BCUT2D eigenvalue weighted by Crippen LogP contribution is 1.99. The molecule has 0 radical (unpaired) electrons. The Labute approximate surface area is 73.5 Å². The zero-order valence-corrected chi connectivity index (χ0v) is 7.90. The number of hydrogen-bond donors (Lipinski definition) is 1. The summed E-state index contributed by atoms with van der Waals surface area (Å²) in [6.45, 7) is 9.36. The summed E-state index contributed by atoms with van der Waals surface area (Å²) in [6.07, 6.45) is 1.83. The smallest absolute Gasteiger partial charge is 0.104 e. The molecule has 0 aliphatic rings. The second-order valence-corrected chi connectivity index (χ2v) is 3.30. The van der Waals surface area contributed by atoms with Crippen LogP contribution in [0.5, 0.6) is 0 Å². The topological polar surface area (TPSA) is 28.7 Å². The SMILES string of the molecule is C=C(Br)/C=c1/nc(C)[nH]c1=C. The van der Waals surface area contributed by atoms with Crippen molar-refractivity contribution in [3.63, 3.8) is 0 Å². The van der Waals surface area contributed by atoms with Crippen molar-refractivity contribution in [2.24, 2.45) is 0 Å². The van der Waals surface area contributed by atoms with Gasteiger partial charge in [0.1, 0.15) is 5.82 Å². The maximum absolute atomic E-state index is 4.19. The molecule has 2 nitrogen and oxygen atoms in total. The Bertz CT molecular complexity index is 375. The summed E-state index contributed by atoms with van der Waals surface area (Å²) in [5.74, 6) is 0.870. The minimum Gasteiger partial charge on any atom is -0.343 e. The van der Waals surface area contributed by atoms with E-state index in [4.69, 9.17) is 0 Å². The second-order valence-electron chi connectivity index (χ2n) is 2.28.